The minimum atomic E-state index is -0.177. The summed E-state index contributed by atoms with van der Waals surface area (Å²) in [6.07, 6.45) is 10.2. The van der Waals surface area contributed by atoms with Crippen LogP contribution in [0, 0.1) is 5.41 Å². The molecule has 0 saturated carbocycles. The molecule has 9 heteroatoms. The Labute approximate surface area is 180 Å². The van der Waals surface area contributed by atoms with Gasteiger partial charge in [0.05, 0.1) is 43.1 Å². The molecule has 2 fully saturated rings. The quantitative estimate of drug-likeness (QED) is 0.658. The number of hydrogen-bond acceptors (Lipinski definition) is 8. The van der Waals surface area contributed by atoms with Crippen molar-refractivity contribution < 1.29 is 9.84 Å². The third kappa shape index (κ3) is 3.64. The molecule has 2 saturated heterocycles. The number of aliphatic hydroxyl groups is 1. The molecule has 31 heavy (non-hydrogen) atoms. The largest absolute Gasteiger partial charge is 0.405 e. The molecule has 0 bridgehead atoms. The summed E-state index contributed by atoms with van der Waals surface area (Å²) >= 11 is 0. The van der Waals surface area contributed by atoms with Gasteiger partial charge in [-0.25, -0.2) is 14.6 Å². The van der Waals surface area contributed by atoms with Gasteiger partial charge in [-0.2, -0.15) is 5.10 Å². The molecule has 5 rings (SSSR count). The number of nitrogens with zero attached hydrogens (tertiary/aromatic N) is 6. The third-order valence-corrected chi connectivity index (χ3v) is 6.40. The average molecular weight is 422 g/mol. The number of nitrogens with two attached hydrogens (primary N) is 1. The standard InChI is InChI=1S/C22H27N7O2/c1-15-10-22(14-31-15)5-8-28(9-6-22)20-19(13-30)27-21-18(26-20)12-25-29(21)17-3-2-16(4-7-23)24-11-17/h2-4,7,11-12,15,30H,5-6,8-10,13-14,23H2,1H3/t15-/m0/s1. The molecule has 3 N–H and O–H groups in total. The summed E-state index contributed by atoms with van der Waals surface area (Å²) in [5, 5.41) is 14.5. The molecule has 1 spiro atoms. The first-order chi connectivity index (χ1) is 15.1. The molecule has 162 valence electrons. The maximum Gasteiger partial charge on any atom is 0.182 e. The molecule has 3 aromatic rings. The molecule has 9 nitrogen and oxygen atoms in total. The lowest BCUT2D eigenvalue weighted by Crippen LogP contribution is -2.41. The van der Waals surface area contributed by atoms with Crippen LogP contribution in [0.25, 0.3) is 22.9 Å². The predicted octanol–water partition coefficient (Wildman–Crippen LogP) is 2.03. The Kier molecular flexibility index (Phi) is 5.07. The fourth-order valence-corrected chi connectivity index (χ4v) is 4.73. The first-order valence-corrected chi connectivity index (χ1v) is 10.7. The predicted molar refractivity (Wildman–Crippen MR) is 118 cm³/mol. The van der Waals surface area contributed by atoms with E-state index in [0.29, 0.717) is 23.0 Å². The van der Waals surface area contributed by atoms with Gasteiger partial charge in [0.25, 0.3) is 0 Å². The van der Waals surface area contributed by atoms with Crippen molar-refractivity contribution >= 4 is 23.1 Å². The van der Waals surface area contributed by atoms with E-state index in [0.717, 1.165) is 56.2 Å². The molecule has 1 atom stereocenters. The Bertz CT molecular complexity index is 1100. The second-order valence-corrected chi connectivity index (χ2v) is 8.53. The molecular weight excluding hydrogens is 394 g/mol. The van der Waals surface area contributed by atoms with Gasteiger partial charge in [-0.3, -0.25) is 4.98 Å². The molecule has 0 aliphatic carbocycles. The summed E-state index contributed by atoms with van der Waals surface area (Å²) in [5.74, 6) is 0.748. The van der Waals surface area contributed by atoms with Gasteiger partial charge in [0, 0.05) is 13.1 Å². The molecule has 0 radical (unpaired) electrons. The van der Waals surface area contributed by atoms with E-state index < -0.39 is 0 Å². The number of aliphatic hydroxyl groups excluding tert-OH is 1. The number of pyridine rings is 1. The van der Waals surface area contributed by atoms with Gasteiger partial charge < -0.3 is 20.5 Å². The van der Waals surface area contributed by atoms with E-state index in [1.807, 2.05) is 12.1 Å². The van der Waals surface area contributed by atoms with Crippen LogP contribution in [0.5, 0.6) is 0 Å². The van der Waals surface area contributed by atoms with Crippen molar-refractivity contribution in [2.24, 2.45) is 11.1 Å². The Morgan fingerprint density at radius 3 is 2.74 bits per heavy atom. The van der Waals surface area contributed by atoms with E-state index >= 15 is 0 Å². The zero-order chi connectivity index (χ0) is 21.4. The van der Waals surface area contributed by atoms with Crippen molar-refractivity contribution in [3.05, 3.63) is 42.1 Å². The maximum absolute atomic E-state index is 10.0. The van der Waals surface area contributed by atoms with Gasteiger partial charge in [0.1, 0.15) is 11.2 Å². The van der Waals surface area contributed by atoms with Crippen molar-refractivity contribution in [3.63, 3.8) is 0 Å². The van der Waals surface area contributed by atoms with Crippen LogP contribution in [0.2, 0.25) is 0 Å². The van der Waals surface area contributed by atoms with Crippen LogP contribution in [-0.2, 0) is 11.3 Å². The molecule has 5 heterocycles. The molecule has 3 aromatic heterocycles. The van der Waals surface area contributed by atoms with Gasteiger partial charge in [-0.05, 0) is 56.0 Å². The SMILES string of the molecule is C[C@H]1CC2(CCN(c3nc4cnn(-c5ccc(C=CN)nc5)c4nc3CO)CC2)CO1. The molecule has 2 aliphatic rings. The van der Waals surface area contributed by atoms with Crippen LogP contribution in [-0.4, -0.2) is 55.6 Å². The smallest absolute Gasteiger partial charge is 0.182 e. The lowest BCUT2D eigenvalue weighted by atomic mass is 9.77. The monoisotopic (exact) mass is 421 g/mol. The van der Waals surface area contributed by atoms with E-state index in [1.54, 1.807) is 23.2 Å². The number of aromatic nitrogens is 5. The van der Waals surface area contributed by atoms with Crippen molar-refractivity contribution in [1.29, 1.82) is 0 Å². The van der Waals surface area contributed by atoms with E-state index in [2.05, 4.69) is 21.9 Å². The maximum atomic E-state index is 10.0. The Hall–Kier alpha value is -3.04. The average Bonchev–Trinajstić information content (AvgIpc) is 3.37. The number of rotatable bonds is 4. The molecule has 2 aliphatic heterocycles. The fourth-order valence-electron chi connectivity index (χ4n) is 4.73. The number of anilines is 1. The Balaban J connectivity index is 1.43. The topological polar surface area (TPSA) is 115 Å². The number of hydrogen-bond donors (Lipinski definition) is 2. The van der Waals surface area contributed by atoms with Crippen molar-refractivity contribution in [2.45, 2.75) is 38.9 Å². The van der Waals surface area contributed by atoms with E-state index in [1.165, 1.54) is 6.20 Å². The van der Waals surface area contributed by atoms with Crippen molar-refractivity contribution in [2.75, 3.05) is 24.6 Å². The van der Waals surface area contributed by atoms with E-state index in [4.69, 9.17) is 20.4 Å². The van der Waals surface area contributed by atoms with Gasteiger partial charge in [0.2, 0.25) is 0 Å². The minimum absolute atomic E-state index is 0.177. The highest BCUT2D eigenvalue weighted by Crippen LogP contribution is 2.42. The number of ether oxygens (including phenoxy) is 1. The van der Waals surface area contributed by atoms with Crippen LogP contribution in [0.4, 0.5) is 5.82 Å². The third-order valence-electron chi connectivity index (χ3n) is 6.40. The Morgan fingerprint density at radius 1 is 1.26 bits per heavy atom. The van der Waals surface area contributed by atoms with Crippen LogP contribution in [0.3, 0.4) is 0 Å². The summed E-state index contributed by atoms with van der Waals surface area (Å²) in [6, 6.07) is 3.76. The Morgan fingerprint density at radius 2 is 2.10 bits per heavy atom. The van der Waals surface area contributed by atoms with Crippen LogP contribution in [0.1, 0.15) is 37.6 Å². The van der Waals surface area contributed by atoms with Crippen LogP contribution < -0.4 is 10.6 Å². The second kappa shape index (κ2) is 7.90. The highest BCUT2D eigenvalue weighted by molar-refractivity contribution is 5.74. The van der Waals surface area contributed by atoms with E-state index in [-0.39, 0.29) is 12.0 Å². The molecule has 0 amide bonds. The summed E-state index contributed by atoms with van der Waals surface area (Å²) < 4.78 is 7.53. The zero-order valence-electron chi connectivity index (χ0n) is 17.6. The molecule has 0 aromatic carbocycles. The number of piperidine rings is 1. The van der Waals surface area contributed by atoms with Gasteiger partial charge in [-0.15, -0.1) is 0 Å². The summed E-state index contributed by atoms with van der Waals surface area (Å²) in [6.45, 7) is 4.60. The first-order valence-electron chi connectivity index (χ1n) is 10.7. The lowest BCUT2D eigenvalue weighted by molar-refractivity contribution is 0.0975. The summed E-state index contributed by atoms with van der Waals surface area (Å²) in [4.78, 5) is 16.2. The van der Waals surface area contributed by atoms with Gasteiger partial charge >= 0.3 is 0 Å². The highest BCUT2D eigenvalue weighted by atomic mass is 16.5. The zero-order valence-corrected chi connectivity index (χ0v) is 17.6. The van der Waals surface area contributed by atoms with Gasteiger partial charge in [0.15, 0.2) is 11.5 Å². The van der Waals surface area contributed by atoms with Crippen molar-refractivity contribution in [1.82, 2.24) is 24.7 Å². The second-order valence-electron chi connectivity index (χ2n) is 8.53. The number of fused-ring (bicyclic) bond motifs is 1. The van der Waals surface area contributed by atoms with Crippen LogP contribution in [0.15, 0.2) is 30.7 Å². The lowest BCUT2D eigenvalue weighted by Gasteiger charge is -2.39. The highest BCUT2D eigenvalue weighted by Gasteiger charge is 2.41. The summed E-state index contributed by atoms with van der Waals surface area (Å²) in [5.41, 5.74) is 9.10. The van der Waals surface area contributed by atoms with Crippen LogP contribution >= 0.6 is 0 Å². The van der Waals surface area contributed by atoms with E-state index in [9.17, 15) is 5.11 Å². The van der Waals surface area contributed by atoms with Crippen molar-refractivity contribution in [3.8, 4) is 5.69 Å². The molecule has 0 unspecified atom stereocenters. The summed E-state index contributed by atoms with van der Waals surface area (Å²) in [7, 11) is 0. The molecular formula is C22H27N7O2. The fraction of sp³-hybridized carbons (Fsp3) is 0.455. The normalized spacial score (nSPS) is 21.0. The minimum Gasteiger partial charge on any atom is -0.405 e. The first kappa shape index (κ1) is 19.9. The van der Waals surface area contributed by atoms with Gasteiger partial charge in [-0.1, -0.05) is 0 Å².